The first-order valence-corrected chi connectivity index (χ1v) is 11.6. The normalized spacial score (nSPS) is 26.8. The molecule has 154 valence electrons. The first-order chi connectivity index (χ1) is 13.7. The number of nitrogens with zero attached hydrogens (tertiary/aromatic N) is 5. The average molecular weight is 406 g/mol. The van der Waals surface area contributed by atoms with E-state index in [1.165, 1.54) is 24.4 Å². The number of rotatable bonds is 6. The molecule has 8 heteroatoms. The minimum absolute atomic E-state index is 0.247. The lowest BCUT2D eigenvalue weighted by Gasteiger charge is -2.38. The van der Waals surface area contributed by atoms with Crippen molar-refractivity contribution < 1.29 is 9.59 Å². The van der Waals surface area contributed by atoms with Gasteiger partial charge < -0.3 is 9.80 Å². The number of likely N-dealkylation sites (tertiary alicyclic amines) is 3. The quantitative estimate of drug-likeness (QED) is 0.725. The van der Waals surface area contributed by atoms with Gasteiger partial charge >= 0.3 is 0 Å². The van der Waals surface area contributed by atoms with Gasteiger partial charge in [0.25, 0.3) is 0 Å². The molecule has 4 rings (SSSR count). The van der Waals surface area contributed by atoms with Gasteiger partial charge in [-0.1, -0.05) is 10.9 Å². The van der Waals surface area contributed by atoms with Crippen LogP contribution in [-0.2, 0) is 9.59 Å². The van der Waals surface area contributed by atoms with E-state index >= 15 is 0 Å². The minimum Gasteiger partial charge on any atom is -0.343 e. The molecule has 3 aliphatic heterocycles. The summed E-state index contributed by atoms with van der Waals surface area (Å²) in [5.41, 5.74) is 1.04. The van der Waals surface area contributed by atoms with E-state index < -0.39 is 0 Å². The molecule has 0 aromatic carbocycles. The Hall–Kier alpha value is -1.54. The van der Waals surface area contributed by atoms with Crippen LogP contribution in [0.2, 0.25) is 0 Å². The third kappa shape index (κ3) is 4.71. The van der Waals surface area contributed by atoms with Crippen LogP contribution in [0, 0.1) is 0 Å². The fourth-order valence-corrected chi connectivity index (χ4v) is 5.45. The van der Waals surface area contributed by atoms with Crippen molar-refractivity contribution in [1.29, 1.82) is 0 Å². The predicted octanol–water partition coefficient (Wildman–Crippen LogP) is 2.11. The monoisotopic (exact) mass is 405 g/mol. The average Bonchev–Trinajstić information content (AvgIpc) is 3.39. The molecule has 1 aromatic rings. The molecule has 2 atom stereocenters. The summed E-state index contributed by atoms with van der Waals surface area (Å²) in [5, 5.41) is 6.23. The Balaban J connectivity index is 1.30. The molecule has 0 bridgehead atoms. The van der Waals surface area contributed by atoms with Crippen molar-refractivity contribution in [2.24, 2.45) is 0 Å². The van der Waals surface area contributed by atoms with Crippen LogP contribution in [0.4, 0.5) is 0 Å². The Morgan fingerprint density at radius 2 is 2.07 bits per heavy atom. The number of hydrogen-bond donors (Lipinski definition) is 0. The zero-order chi connectivity index (χ0) is 19.3. The summed E-state index contributed by atoms with van der Waals surface area (Å²) in [6.07, 6.45) is 8.35. The fourth-order valence-electron chi connectivity index (χ4n) is 4.91. The molecule has 3 aliphatic rings. The molecule has 3 saturated heterocycles. The zero-order valence-electron chi connectivity index (χ0n) is 16.6. The standard InChI is InChI=1S/C20H31N5O2S/c26-19-7-4-10-23(19)12-8-17-6-1-2-9-24(17)14-20(27)25-11-3-5-16(13-25)18-15-28-22-21-18/h15-17H,1-14H2. The maximum Gasteiger partial charge on any atom is 0.236 e. The van der Waals surface area contributed by atoms with Crippen molar-refractivity contribution in [1.82, 2.24) is 24.3 Å². The topological polar surface area (TPSA) is 69.6 Å². The number of carbonyl (C=O) groups is 2. The van der Waals surface area contributed by atoms with Crippen LogP contribution in [0.25, 0.3) is 0 Å². The van der Waals surface area contributed by atoms with Gasteiger partial charge in [-0.25, -0.2) is 0 Å². The minimum atomic E-state index is 0.247. The fraction of sp³-hybridized carbons (Fsp3) is 0.800. The van der Waals surface area contributed by atoms with Gasteiger partial charge in [-0.3, -0.25) is 14.5 Å². The summed E-state index contributed by atoms with van der Waals surface area (Å²) in [5.74, 6) is 0.876. The van der Waals surface area contributed by atoms with Crippen molar-refractivity contribution in [2.45, 2.75) is 63.3 Å². The van der Waals surface area contributed by atoms with Crippen LogP contribution in [0.1, 0.15) is 63.0 Å². The Morgan fingerprint density at radius 1 is 1.14 bits per heavy atom. The van der Waals surface area contributed by atoms with Crippen LogP contribution in [0.5, 0.6) is 0 Å². The molecule has 2 unspecified atom stereocenters. The molecule has 2 amide bonds. The first kappa shape index (κ1) is 19.8. The lowest BCUT2D eigenvalue weighted by Crippen LogP contribution is -2.49. The molecule has 1 aromatic heterocycles. The summed E-state index contributed by atoms with van der Waals surface area (Å²) in [4.78, 5) is 31.3. The van der Waals surface area contributed by atoms with Crippen molar-refractivity contribution in [3.05, 3.63) is 11.1 Å². The second-order valence-corrected chi connectivity index (χ2v) is 9.01. The molecule has 0 saturated carbocycles. The highest BCUT2D eigenvalue weighted by molar-refractivity contribution is 7.03. The smallest absolute Gasteiger partial charge is 0.236 e. The van der Waals surface area contributed by atoms with Crippen LogP contribution in [-0.4, -0.2) is 81.4 Å². The maximum atomic E-state index is 13.0. The van der Waals surface area contributed by atoms with Crippen LogP contribution in [0.15, 0.2) is 5.38 Å². The SMILES string of the molecule is O=C1CCCN1CCC1CCCCN1CC(=O)N1CCCC(c2csnn2)C1. The van der Waals surface area contributed by atoms with E-state index in [4.69, 9.17) is 0 Å². The highest BCUT2D eigenvalue weighted by Crippen LogP contribution is 2.27. The molecule has 0 spiro atoms. The number of aromatic nitrogens is 2. The van der Waals surface area contributed by atoms with E-state index in [2.05, 4.69) is 14.5 Å². The molecule has 3 fully saturated rings. The summed E-state index contributed by atoms with van der Waals surface area (Å²) >= 11 is 1.39. The second-order valence-electron chi connectivity index (χ2n) is 8.40. The van der Waals surface area contributed by atoms with Crippen LogP contribution >= 0.6 is 11.5 Å². The van der Waals surface area contributed by atoms with Crippen LogP contribution in [0.3, 0.4) is 0 Å². The second kappa shape index (κ2) is 9.31. The molecule has 7 nitrogen and oxygen atoms in total. The van der Waals surface area contributed by atoms with Crippen molar-refractivity contribution in [3.8, 4) is 0 Å². The molecule has 0 radical (unpaired) electrons. The van der Waals surface area contributed by atoms with Gasteiger partial charge in [-0.05, 0) is 56.6 Å². The van der Waals surface area contributed by atoms with E-state index in [1.54, 1.807) is 0 Å². The Kier molecular flexibility index (Phi) is 6.57. The third-order valence-electron chi connectivity index (χ3n) is 6.56. The highest BCUT2D eigenvalue weighted by atomic mass is 32.1. The van der Waals surface area contributed by atoms with Gasteiger partial charge in [-0.15, -0.1) is 5.10 Å². The predicted molar refractivity (Wildman–Crippen MR) is 108 cm³/mol. The number of hydrogen-bond acceptors (Lipinski definition) is 6. The van der Waals surface area contributed by atoms with Gasteiger partial charge in [-0.2, -0.15) is 0 Å². The van der Waals surface area contributed by atoms with Gasteiger partial charge in [0.05, 0.1) is 12.2 Å². The Bertz CT molecular complexity index is 668. The molecule has 0 aliphatic carbocycles. The van der Waals surface area contributed by atoms with Gasteiger partial charge in [0, 0.05) is 49.9 Å². The van der Waals surface area contributed by atoms with E-state index in [-0.39, 0.29) is 5.91 Å². The zero-order valence-corrected chi connectivity index (χ0v) is 17.4. The molecule has 28 heavy (non-hydrogen) atoms. The van der Waals surface area contributed by atoms with E-state index in [0.717, 1.165) is 70.5 Å². The lowest BCUT2D eigenvalue weighted by atomic mass is 9.95. The van der Waals surface area contributed by atoms with Crippen molar-refractivity contribution in [3.63, 3.8) is 0 Å². The molecular weight excluding hydrogens is 374 g/mol. The number of amides is 2. The van der Waals surface area contributed by atoms with Gasteiger partial charge in [0.2, 0.25) is 11.8 Å². The molecule has 0 N–H and O–H groups in total. The highest BCUT2D eigenvalue weighted by Gasteiger charge is 2.30. The number of carbonyl (C=O) groups excluding carboxylic acids is 2. The Labute approximate surface area is 171 Å². The lowest BCUT2D eigenvalue weighted by molar-refractivity contribution is -0.135. The van der Waals surface area contributed by atoms with E-state index in [9.17, 15) is 9.59 Å². The molecular formula is C20H31N5O2S. The number of piperidine rings is 2. The maximum absolute atomic E-state index is 13.0. The first-order valence-electron chi connectivity index (χ1n) is 10.8. The summed E-state index contributed by atoms with van der Waals surface area (Å²) in [6.45, 7) is 4.89. The van der Waals surface area contributed by atoms with Crippen molar-refractivity contribution >= 4 is 23.3 Å². The van der Waals surface area contributed by atoms with Crippen molar-refractivity contribution in [2.75, 3.05) is 39.3 Å². The van der Waals surface area contributed by atoms with Crippen LogP contribution < -0.4 is 0 Å². The largest absolute Gasteiger partial charge is 0.343 e. The van der Waals surface area contributed by atoms with E-state index in [0.29, 0.717) is 30.8 Å². The van der Waals surface area contributed by atoms with Gasteiger partial charge in [0.1, 0.15) is 0 Å². The third-order valence-corrected chi connectivity index (χ3v) is 7.08. The summed E-state index contributed by atoms with van der Waals surface area (Å²) < 4.78 is 3.98. The van der Waals surface area contributed by atoms with E-state index in [1.807, 2.05) is 15.2 Å². The summed E-state index contributed by atoms with van der Waals surface area (Å²) in [7, 11) is 0. The Morgan fingerprint density at radius 3 is 2.86 bits per heavy atom. The van der Waals surface area contributed by atoms with Gasteiger partial charge in [0.15, 0.2) is 0 Å². The molecule has 4 heterocycles. The summed E-state index contributed by atoms with van der Waals surface area (Å²) in [6, 6.07) is 0.425.